The van der Waals surface area contributed by atoms with Crippen LogP contribution in [0.1, 0.15) is 6.92 Å². The van der Waals surface area contributed by atoms with Gasteiger partial charge in [-0.25, -0.2) is 4.39 Å². The Morgan fingerprint density at radius 2 is 2.29 bits per heavy atom. The van der Waals surface area contributed by atoms with Crippen LogP contribution in [0.5, 0.6) is 5.75 Å². The van der Waals surface area contributed by atoms with Gasteiger partial charge in [-0.1, -0.05) is 6.07 Å². The SMILES string of the molecule is CC(CNC(=O)CN)Oc1cccc(F)c1.Cl. The smallest absolute Gasteiger partial charge is 0.233 e. The molecule has 6 heteroatoms. The second-order valence-electron chi connectivity index (χ2n) is 3.39. The molecule has 0 aromatic heterocycles. The van der Waals surface area contributed by atoms with Gasteiger partial charge in [0.2, 0.25) is 5.91 Å². The Kier molecular flexibility index (Phi) is 7.25. The van der Waals surface area contributed by atoms with Crippen molar-refractivity contribution in [2.45, 2.75) is 13.0 Å². The van der Waals surface area contributed by atoms with E-state index in [1.807, 2.05) is 0 Å². The fourth-order valence-electron chi connectivity index (χ4n) is 1.14. The predicted molar refractivity (Wildman–Crippen MR) is 65.8 cm³/mol. The van der Waals surface area contributed by atoms with Gasteiger partial charge in [0, 0.05) is 6.07 Å². The van der Waals surface area contributed by atoms with Crippen molar-refractivity contribution in [1.82, 2.24) is 5.32 Å². The molecule has 1 aromatic carbocycles. The number of carbonyl (C=O) groups excluding carboxylic acids is 1. The van der Waals surface area contributed by atoms with E-state index in [4.69, 9.17) is 10.5 Å². The van der Waals surface area contributed by atoms with Crippen LogP contribution in [0.2, 0.25) is 0 Å². The first kappa shape index (κ1) is 15.7. The van der Waals surface area contributed by atoms with E-state index < -0.39 is 0 Å². The molecule has 1 rings (SSSR count). The normalized spacial score (nSPS) is 11.2. The highest BCUT2D eigenvalue weighted by molar-refractivity contribution is 5.85. The third-order valence-electron chi connectivity index (χ3n) is 1.91. The molecular formula is C11H16ClFN2O2. The molecule has 0 spiro atoms. The molecule has 0 heterocycles. The number of nitrogens with one attached hydrogen (secondary N) is 1. The van der Waals surface area contributed by atoms with Crippen molar-refractivity contribution in [3.63, 3.8) is 0 Å². The van der Waals surface area contributed by atoms with Crippen LogP contribution in [0.15, 0.2) is 24.3 Å². The van der Waals surface area contributed by atoms with Gasteiger partial charge in [0.1, 0.15) is 17.7 Å². The number of halogens is 2. The van der Waals surface area contributed by atoms with Crippen molar-refractivity contribution >= 4 is 18.3 Å². The number of nitrogens with two attached hydrogens (primary N) is 1. The summed E-state index contributed by atoms with van der Waals surface area (Å²) in [6, 6.07) is 5.86. The van der Waals surface area contributed by atoms with Gasteiger partial charge in [0.15, 0.2) is 0 Å². The van der Waals surface area contributed by atoms with Crippen molar-refractivity contribution < 1.29 is 13.9 Å². The molecule has 0 aliphatic rings. The minimum atomic E-state index is -0.351. The van der Waals surface area contributed by atoms with E-state index in [2.05, 4.69) is 5.32 Å². The van der Waals surface area contributed by atoms with Crippen LogP contribution in [0.25, 0.3) is 0 Å². The van der Waals surface area contributed by atoms with Gasteiger partial charge < -0.3 is 15.8 Å². The fourth-order valence-corrected chi connectivity index (χ4v) is 1.14. The van der Waals surface area contributed by atoms with E-state index in [0.29, 0.717) is 12.3 Å². The summed E-state index contributed by atoms with van der Waals surface area (Å²) in [5.41, 5.74) is 5.13. The zero-order chi connectivity index (χ0) is 12.0. The molecule has 3 N–H and O–H groups in total. The van der Waals surface area contributed by atoms with Gasteiger partial charge in [-0.05, 0) is 19.1 Å². The number of amides is 1. The highest BCUT2D eigenvalue weighted by atomic mass is 35.5. The molecule has 0 aliphatic heterocycles. The number of carbonyl (C=O) groups is 1. The molecule has 1 amide bonds. The molecule has 0 radical (unpaired) electrons. The Labute approximate surface area is 106 Å². The average molecular weight is 263 g/mol. The van der Waals surface area contributed by atoms with E-state index >= 15 is 0 Å². The number of ether oxygens (including phenoxy) is 1. The lowest BCUT2D eigenvalue weighted by molar-refractivity contribution is -0.120. The molecule has 0 fully saturated rings. The van der Waals surface area contributed by atoms with Crippen molar-refractivity contribution in [2.75, 3.05) is 13.1 Å². The highest BCUT2D eigenvalue weighted by Gasteiger charge is 2.06. The first-order valence-corrected chi connectivity index (χ1v) is 5.01. The van der Waals surface area contributed by atoms with Gasteiger partial charge in [-0.3, -0.25) is 4.79 Å². The van der Waals surface area contributed by atoms with Crippen LogP contribution >= 0.6 is 12.4 Å². The third kappa shape index (κ3) is 6.09. The lowest BCUT2D eigenvalue weighted by Gasteiger charge is -2.15. The average Bonchev–Trinajstić information content (AvgIpc) is 2.26. The van der Waals surface area contributed by atoms with Gasteiger partial charge in [0.05, 0.1) is 13.1 Å². The fraction of sp³-hybridized carbons (Fsp3) is 0.364. The molecule has 0 bridgehead atoms. The Morgan fingerprint density at radius 3 is 2.88 bits per heavy atom. The first-order valence-electron chi connectivity index (χ1n) is 5.01. The molecular weight excluding hydrogens is 247 g/mol. The summed E-state index contributed by atoms with van der Waals surface area (Å²) in [4.78, 5) is 10.9. The molecule has 17 heavy (non-hydrogen) atoms. The van der Waals surface area contributed by atoms with Crippen LogP contribution in [-0.4, -0.2) is 25.1 Å². The Morgan fingerprint density at radius 1 is 1.59 bits per heavy atom. The molecule has 0 saturated carbocycles. The van der Waals surface area contributed by atoms with Crippen molar-refractivity contribution in [2.24, 2.45) is 5.73 Å². The predicted octanol–water partition coefficient (Wildman–Crippen LogP) is 1.09. The van der Waals surface area contributed by atoms with Crippen LogP contribution in [0, 0.1) is 5.82 Å². The van der Waals surface area contributed by atoms with Crippen LogP contribution in [0.3, 0.4) is 0 Å². The Hall–Kier alpha value is -1.33. The minimum Gasteiger partial charge on any atom is -0.489 e. The minimum absolute atomic E-state index is 0. The van der Waals surface area contributed by atoms with E-state index in [1.54, 1.807) is 19.1 Å². The topological polar surface area (TPSA) is 64.4 Å². The summed E-state index contributed by atoms with van der Waals surface area (Å²) in [6.07, 6.45) is -0.239. The quantitative estimate of drug-likeness (QED) is 0.835. The van der Waals surface area contributed by atoms with Gasteiger partial charge in [-0.2, -0.15) is 0 Å². The van der Waals surface area contributed by atoms with Gasteiger partial charge in [-0.15, -0.1) is 12.4 Å². The number of hydrogen-bond donors (Lipinski definition) is 2. The summed E-state index contributed by atoms with van der Waals surface area (Å²) in [5.74, 6) is -0.153. The number of benzene rings is 1. The third-order valence-corrected chi connectivity index (χ3v) is 1.91. The van der Waals surface area contributed by atoms with Crippen molar-refractivity contribution in [3.8, 4) is 5.75 Å². The monoisotopic (exact) mass is 262 g/mol. The molecule has 1 aromatic rings. The Bertz CT molecular complexity index is 363. The second-order valence-corrected chi connectivity index (χ2v) is 3.39. The van der Waals surface area contributed by atoms with Crippen LogP contribution in [0.4, 0.5) is 4.39 Å². The zero-order valence-electron chi connectivity index (χ0n) is 9.48. The van der Waals surface area contributed by atoms with E-state index in [-0.39, 0.29) is 36.8 Å². The summed E-state index contributed by atoms with van der Waals surface area (Å²) in [6.45, 7) is 2.07. The van der Waals surface area contributed by atoms with Crippen molar-refractivity contribution in [1.29, 1.82) is 0 Å². The lowest BCUT2D eigenvalue weighted by atomic mass is 10.3. The summed E-state index contributed by atoms with van der Waals surface area (Å²) < 4.78 is 18.2. The maximum atomic E-state index is 12.8. The van der Waals surface area contributed by atoms with Crippen LogP contribution < -0.4 is 15.8 Å². The Balaban J connectivity index is 0.00000256. The number of hydrogen-bond acceptors (Lipinski definition) is 3. The summed E-state index contributed by atoms with van der Waals surface area (Å²) >= 11 is 0. The largest absolute Gasteiger partial charge is 0.489 e. The molecule has 4 nitrogen and oxygen atoms in total. The maximum absolute atomic E-state index is 12.8. The zero-order valence-corrected chi connectivity index (χ0v) is 10.3. The number of rotatable bonds is 5. The molecule has 0 saturated heterocycles. The van der Waals surface area contributed by atoms with E-state index in [9.17, 15) is 9.18 Å². The van der Waals surface area contributed by atoms with E-state index in [1.165, 1.54) is 12.1 Å². The molecule has 1 atom stereocenters. The summed E-state index contributed by atoms with van der Waals surface area (Å²) in [7, 11) is 0. The van der Waals surface area contributed by atoms with E-state index in [0.717, 1.165) is 0 Å². The highest BCUT2D eigenvalue weighted by Crippen LogP contribution is 2.13. The van der Waals surface area contributed by atoms with Crippen molar-refractivity contribution in [3.05, 3.63) is 30.1 Å². The first-order chi connectivity index (χ1) is 7.61. The second kappa shape index (κ2) is 7.86. The lowest BCUT2D eigenvalue weighted by Crippen LogP contribution is -2.37. The molecule has 96 valence electrons. The van der Waals surface area contributed by atoms with Gasteiger partial charge >= 0.3 is 0 Å². The summed E-state index contributed by atoms with van der Waals surface area (Å²) in [5, 5.41) is 2.58. The van der Waals surface area contributed by atoms with Crippen LogP contribution in [-0.2, 0) is 4.79 Å². The van der Waals surface area contributed by atoms with Gasteiger partial charge in [0.25, 0.3) is 0 Å². The standard InChI is InChI=1S/C11H15FN2O2.ClH/c1-8(7-14-11(15)6-13)16-10-4-2-3-9(12)5-10;/h2-5,8H,6-7,13H2,1H3,(H,14,15);1H. The molecule has 0 aliphatic carbocycles. The molecule has 1 unspecified atom stereocenters. The maximum Gasteiger partial charge on any atom is 0.233 e.